The first-order valence-corrected chi connectivity index (χ1v) is 3.80. The van der Waals surface area contributed by atoms with Crippen molar-refractivity contribution in [2.24, 2.45) is 0 Å². The Bertz CT molecular complexity index is 114. The van der Waals surface area contributed by atoms with Crippen molar-refractivity contribution in [3.05, 3.63) is 12.8 Å². The molecular formula is C8H16O3. The van der Waals surface area contributed by atoms with Crippen LogP contribution >= 0.6 is 0 Å². The van der Waals surface area contributed by atoms with Gasteiger partial charge in [0.15, 0.2) is 0 Å². The molecule has 0 radical (unpaired) electrons. The first-order valence-electron chi connectivity index (χ1n) is 3.80. The highest BCUT2D eigenvalue weighted by molar-refractivity contribution is 4.69. The van der Waals surface area contributed by atoms with Crippen LogP contribution in [0.4, 0.5) is 0 Å². The van der Waals surface area contributed by atoms with E-state index in [2.05, 4.69) is 6.58 Å². The molecule has 0 aliphatic carbocycles. The first-order chi connectivity index (χ1) is 5.18. The molecule has 0 saturated heterocycles. The molecule has 3 nitrogen and oxygen atoms in total. The molecule has 0 heterocycles. The van der Waals surface area contributed by atoms with Gasteiger partial charge in [0.05, 0.1) is 6.26 Å². The second-order valence-electron chi connectivity index (χ2n) is 2.49. The van der Waals surface area contributed by atoms with Crippen LogP contribution in [0.15, 0.2) is 12.8 Å². The van der Waals surface area contributed by atoms with Gasteiger partial charge in [-0.2, -0.15) is 0 Å². The fraction of sp³-hybridized carbons (Fsp3) is 0.750. The lowest BCUT2D eigenvalue weighted by Crippen LogP contribution is -2.34. The largest absolute Gasteiger partial charge is 0.468 e. The summed E-state index contributed by atoms with van der Waals surface area (Å²) in [6.07, 6.45) is 3.37. The van der Waals surface area contributed by atoms with E-state index in [9.17, 15) is 5.11 Å². The highest BCUT2D eigenvalue weighted by Gasteiger charge is 2.25. The average Bonchev–Trinajstić information content (AvgIpc) is 2.02. The van der Waals surface area contributed by atoms with Crippen LogP contribution in [0.1, 0.15) is 26.2 Å². The third-order valence-corrected chi connectivity index (χ3v) is 1.47. The summed E-state index contributed by atoms with van der Waals surface area (Å²) in [7, 11) is 0. The molecule has 0 fully saturated rings. The van der Waals surface area contributed by atoms with E-state index in [1.165, 1.54) is 0 Å². The Morgan fingerprint density at radius 3 is 2.64 bits per heavy atom. The fourth-order valence-electron chi connectivity index (χ4n) is 0.783. The highest BCUT2D eigenvalue weighted by atomic mass is 16.6. The van der Waals surface area contributed by atoms with E-state index in [1.807, 2.05) is 6.92 Å². The van der Waals surface area contributed by atoms with Crippen LogP contribution in [0.3, 0.4) is 0 Å². The molecular weight excluding hydrogens is 144 g/mol. The van der Waals surface area contributed by atoms with Crippen molar-refractivity contribution in [1.82, 2.24) is 0 Å². The summed E-state index contributed by atoms with van der Waals surface area (Å²) in [6, 6.07) is 0. The molecule has 11 heavy (non-hydrogen) atoms. The summed E-state index contributed by atoms with van der Waals surface area (Å²) in [5, 5.41) is 18.1. The van der Waals surface area contributed by atoms with E-state index in [4.69, 9.17) is 9.84 Å². The summed E-state index contributed by atoms with van der Waals surface area (Å²) in [5.74, 6) is -1.42. The second-order valence-corrected chi connectivity index (χ2v) is 2.49. The van der Waals surface area contributed by atoms with E-state index >= 15 is 0 Å². The smallest absolute Gasteiger partial charge is 0.230 e. The number of hydrogen-bond acceptors (Lipinski definition) is 3. The minimum Gasteiger partial charge on any atom is -0.468 e. The van der Waals surface area contributed by atoms with Crippen LogP contribution in [0, 0.1) is 0 Å². The predicted molar refractivity (Wildman–Crippen MR) is 42.8 cm³/mol. The van der Waals surface area contributed by atoms with Gasteiger partial charge in [0.25, 0.3) is 0 Å². The van der Waals surface area contributed by atoms with Gasteiger partial charge in [0.2, 0.25) is 5.79 Å². The van der Waals surface area contributed by atoms with Gasteiger partial charge >= 0.3 is 0 Å². The summed E-state index contributed by atoms with van der Waals surface area (Å²) in [5.41, 5.74) is 0. The van der Waals surface area contributed by atoms with Crippen molar-refractivity contribution < 1.29 is 14.9 Å². The second kappa shape index (κ2) is 5.16. The topological polar surface area (TPSA) is 49.7 Å². The molecule has 0 aliphatic heterocycles. The molecule has 0 rings (SSSR count). The lowest BCUT2D eigenvalue weighted by atomic mass is 10.1. The van der Waals surface area contributed by atoms with Gasteiger partial charge in [-0.3, -0.25) is 0 Å². The molecule has 0 aromatic carbocycles. The molecule has 0 aromatic rings. The standard InChI is InChI=1S/C8H16O3/c1-3-5-6-8(10,7-9)11-4-2/h4,9-10H,2-3,5-7H2,1H3. The minimum atomic E-state index is -1.42. The van der Waals surface area contributed by atoms with Crippen LogP contribution < -0.4 is 0 Å². The number of rotatable bonds is 6. The van der Waals surface area contributed by atoms with Crippen molar-refractivity contribution in [1.29, 1.82) is 0 Å². The van der Waals surface area contributed by atoms with Crippen molar-refractivity contribution in [3.8, 4) is 0 Å². The fourth-order valence-corrected chi connectivity index (χ4v) is 0.783. The maximum absolute atomic E-state index is 9.41. The SMILES string of the molecule is C=COC(O)(CO)CCCC. The summed E-state index contributed by atoms with van der Waals surface area (Å²) in [6.45, 7) is 4.92. The molecule has 3 heteroatoms. The van der Waals surface area contributed by atoms with Crippen molar-refractivity contribution in [2.45, 2.75) is 32.0 Å². The molecule has 2 N–H and O–H groups in total. The van der Waals surface area contributed by atoms with Crippen LogP contribution in [0.2, 0.25) is 0 Å². The Labute approximate surface area is 67.3 Å². The van der Waals surface area contributed by atoms with Gasteiger partial charge in [-0.15, -0.1) is 0 Å². The molecule has 0 saturated carbocycles. The third-order valence-electron chi connectivity index (χ3n) is 1.47. The number of unbranched alkanes of at least 4 members (excludes halogenated alkanes) is 1. The quantitative estimate of drug-likeness (QED) is 0.450. The minimum absolute atomic E-state index is 0.390. The lowest BCUT2D eigenvalue weighted by Gasteiger charge is -2.24. The van der Waals surface area contributed by atoms with Crippen LogP contribution in [-0.2, 0) is 4.74 Å². The molecule has 0 amide bonds. The maximum atomic E-state index is 9.41. The average molecular weight is 160 g/mol. The van der Waals surface area contributed by atoms with E-state index < -0.39 is 5.79 Å². The molecule has 0 spiro atoms. The van der Waals surface area contributed by atoms with Gasteiger partial charge in [0, 0.05) is 6.42 Å². The predicted octanol–water partition coefficient (Wildman–Crippen LogP) is 1.02. The Morgan fingerprint density at radius 2 is 2.27 bits per heavy atom. The van der Waals surface area contributed by atoms with E-state index in [0.717, 1.165) is 19.1 Å². The lowest BCUT2D eigenvalue weighted by molar-refractivity contribution is -0.196. The van der Waals surface area contributed by atoms with Gasteiger partial charge in [0.1, 0.15) is 6.61 Å². The Kier molecular flexibility index (Phi) is 4.90. The molecule has 66 valence electrons. The van der Waals surface area contributed by atoms with Gasteiger partial charge in [-0.05, 0) is 6.42 Å². The van der Waals surface area contributed by atoms with Gasteiger partial charge in [-0.1, -0.05) is 19.9 Å². The first kappa shape index (κ1) is 10.5. The van der Waals surface area contributed by atoms with E-state index in [1.54, 1.807) is 0 Å². The Morgan fingerprint density at radius 1 is 1.64 bits per heavy atom. The van der Waals surface area contributed by atoms with Crippen LogP contribution in [0.25, 0.3) is 0 Å². The normalized spacial score (nSPS) is 15.5. The van der Waals surface area contributed by atoms with E-state index in [0.29, 0.717) is 6.42 Å². The zero-order chi connectivity index (χ0) is 8.74. The van der Waals surface area contributed by atoms with E-state index in [-0.39, 0.29) is 6.61 Å². The number of ether oxygens (including phenoxy) is 1. The van der Waals surface area contributed by atoms with Crippen molar-refractivity contribution in [3.63, 3.8) is 0 Å². The molecule has 1 atom stereocenters. The summed E-state index contributed by atoms with van der Waals surface area (Å²) >= 11 is 0. The summed E-state index contributed by atoms with van der Waals surface area (Å²) < 4.78 is 4.75. The van der Waals surface area contributed by atoms with Crippen molar-refractivity contribution >= 4 is 0 Å². The third kappa shape index (κ3) is 4.01. The zero-order valence-corrected chi connectivity index (χ0v) is 6.92. The monoisotopic (exact) mass is 160 g/mol. The Hall–Kier alpha value is -0.540. The molecule has 0 aliphatic rings. The number of hydrogen-bond donors (Lipinski definition) is 2. The van der Waals surface area contributed by atoms with Gasteiger partial charge < -0.3 is 14.9 Å². The summed E-state index contributed by atoms with van der Waals surface area (Å²) in [4.78, 5) is 0. The van der Waals surface area contributed by atoms with Crippen LogP contribution in [0.5, 0.6) is 0 Å². The number of aliphatic hydroxyl groups is 2. The van der Waals surface area contributed by atoms with Crippen LogP contribution in [-0.4, -0.2) is 22.6 Å². The van der Waals surface area contributed by atoms with Gasteiger partial charge in [-0.25, -0.2) is 0 Å². The molecule has 0 bridgehead atoms. The highest BCUT2D eigenvalue weighted by Crippen LogP contribution is 2.15. The zero-order valence-electron chi connectivity index (χ0n) is 6.92. The molecule has 0 aromatic heterocycles. The molecule has 1 unspecified atom stereocenters. The Balaban J connectivity index is 3.77. The van der Waals surface area contributed by atoms with Crippen molar-refractivity contribution in [2.75, 3.05) is 6.61 Å². The maximum Gasteiger partial charge on any atom is 0.230 e. The number of aliphatic hydroxyl groups excluding tert-OH is 1.